The number of likely N-dealkylation sites (tertiary alicyclic amines) is 1. The molecule has 0 N–H and O–H groups in total. The van der Waals surface area contributed by atoms with Gasteiger partial charge in [0.2, 0.25) is 0 Å². The summed E-state index contributed by atoms with van der Waals surface area (Å²) in [6.07, 6.45) is 0.0957. The predicted octanol–water partition coefficient (Wildman–Crippen LogP) is 1.76. The predicted molar refractivity (Wildman–Crippen MR) is 77.4 cm³/mol. The Kier molecular flexibility index (Phi) is 5.33. The van der Waals surface area contributed by atoms with Crippen molar-refractivity contribution >= 4 is 11.9 Å². The molecule has 0 aromatic heterocycles. The van der Waals surface area contributed by atoms with Gasteiger partial charge >= 0.3 is 11.9 Å². The molecule has 0 aliphatic carbocycles. The van der Waals surface area contributed by atoms with E-state index in [-0.39, 0.29) is 24.1 Å². The van der Waals surface area contributed by atoms with Crippen LogP contribution in [0.5, 0.6) is 0 Å². The van der Waals surface area contributed by atoms with E-state index in [0.29, 0.717) is 19.5 Å². The molecule has 0 saturated carbocycles. The molecule has 0 spiro atoms. The van der Waals surface area contributed by atoms with Gasteiger partial charge in [0.15, 0.2) is 0 Å². The molecule has 2 atom stereocenters. The van der Waals surface area contributed by atoms with Gasteiger partial charge in [-0.1, -0.05) is 30.3 Å². The molecule has 1 fully saturated rings. The lowest BCUT2D eigenvalue weighted by molar-refractivity contribution is -0.159. The summed E-state index contributed by atoms with van der Waals surface area (Å²) in [6.45, 7) is 4.86. The van der Waals surface area contributed by atoms with Gasteiger partial charge in [-0.25, -0.2) is 0 Å². The largest absolute Gasteiger partial charge is 0.461 e. The molecular weight excluding hydrogens is 270 g/mol. The highest BCUT2D eigenvalue weighted by Gasteiger charge is 2.30. The van der Waals surface area contributed by atoms with Gasteiger partial charge in [-0.05, 0) is 5.56 Å². The van der Waals surface area contributed by atoms with Gasteiger partial charge < -0.3 is 9.47 Å². The summed E-state index contributed by atoms with van der Waals surface area (Å²) >= 11 is 0. The van der Waals surface area contributed by atoms with Crippen molar-refractivity contribution in [2.45, 2.75) is 39.0 Å². The van der Waals surface area contributed by atoms with Crippen molar-refractivity contribution in [3.05, 3.63) is 35.9 Å². The van der Waals surface area contributed by atoms with Gasteiger partial charge in [-0.2, -0.15) is 0 Å². The van der Waals surface area contributed by atoms with Crippen LogP contribution >= 0.6 is 0 Å². The number of hydrogen-bond acceptors (Lipinski definition) is 5. The summed E-state index contributed by atoms with van der Waals surface area (Å²) in [5.74, 6) is -0.605. The first-order chi connectivity index (χ1) is 10.0. The fourth-order valence-electron chi connectivity index (χ4n) is 2.70. The Morgan fingerprint density at radius 2 is 1.57 bits per heavy atom. The lowest BCUT2D eigenvalue weighted by Crippen LogP contribution is -2.48. The molecule has 5 heteroatoms. The van der Waals surface area contributed by atoms with Crippen LogP contribution in [0.15, 0.2) is 30.3 Å². The summed E-state index contributed by atoms with van der Waals surface area (Å²) in [5, 5.41) is 0. The van der Waals surface area contributed by atoms with Gasteiger partial charge in [0.05, 0.1) is 0 Å². The monoisotopic (exact) mass is 291 g/mol. The first kappa shape index (κ1) is 15.5. The number of piperidine rings is 1. The van der Waals surface area contributed by atoms with Crippen LogP contribution in [0.4, 0.5) is 0 Å². The van der Waals surface area contributed by atoms with Crippen LogP contribution in [-0.2, 0) is 25.6 Å². The minimum absolute atomic E-state index is 0.232. The zero-order chi connectivity index (χ0) is 15.2. The molecule has 1 saturated heterocycles. The molecule has 2 rings (SSSR count). The molecule has 5 nitrogen and oxygen atoms in total. The minimum Gasteiger partial charge on any atom is -0.461 e. The van der Waals surface area contributed by atoms with Crippen LogP contribution in [0.3, 0.4) is 0 Å². The van der Waals surface area contributed by atoms with Crippen LogP contribution in [0.1, 0.15) is 25.8 Å². The second kappa shape index (κ2) is 7.22. The maximum absolute atomic E-state index is 11.2. The zero-order valence-electron chi connectivity index (χ0n) is 12.5. The van der Waals surface area contributed by atoms with Gasteiger partial charge in [-0.15, -0.1) is 0 Å². The summed E-state index contributed by atoms with van der Waals surface area (Å²) in [4.78, 5) is 24.5. The number of carbonyl (C=O) groups excluding carboxylic acids is 2. The Labute approximate surface area is 124 Å². The Hall–Kier alpha value is -1.88. The number of hydrogen-bond donors (Lipinski definition) is 0. The van der Waals surface area contributed by atoms with Crippen molar-refractivity contribution in [1.29, 1.82) is 0 Å². The van der Waals surface area contributed by atoms with E-state index in [4.69, 9.17) is 9.47 Å². The lowest BCUT2D eigenvalue weighted by atomic mass is 10.0. The lowest BCUT2D eigenvalue weighted by Gasteiger charge is -2.36. The van der Waals surface area contributed by atoms with Crippen molar-refractivity contribution in [2.24, 2.45) is 0 Å². The maximum atomic E-state index is 11.2. The van der Waals surface area contributed by atoms with E-state index < -0.39 is 0 Å². The highest BCUT2D eigenvalue weighted by atomic mass is 16.6. The van der Waals surface area contributed by atoms with E-state index in [2.05, 4.69) is 17.0 Å². The Morgan fingerprint density at radius 1 is 1.05 bits per heavy atom. The summed E-state index contributed by atoms with van der Waals surface area (Å²) in [6, 6.07) is 10.1. The molecule has 0 amide bonds. The molecule has 1 aromatic rings. The number of benzene rings is 1. The van der Waals surface area contributed by atoms with Gasteiger partial charge in [0, 0.05) is 39.9 Å². The summed E-state index contributed by atoms with van der Waals surface area (Å²) in [7, 11) is 0. The van der Waals surface area contributed by atoms with E-state index in [1.807, 2.05) is 18.2 Å². The topological polar surface area (TPSA) is 55.8 Å². The second-order valence-electron chi connectivity index (χ2n) is 5.38. The third-order valence-corrected chi connectivity index (χ3v) is 3.36. The maximum Gasteiger partial charge on any atom is 0.302 e. The Morgan fingerprint density at radius 3 is 2.05 bits per heavy atom. The van der Waals surface area contributed by atoms with Crippen molar-refractivity contribution in [2.75, 3.05) is 13.1 Å². The fraction of sp³-hybridized carbons (Fsp3) is 0.500. The van der Waals surface area contributed by atoms with Crippen LogP contribution in [0, 0.1) is 0 Å². The molecule has 1 aliphatic heterocycles. The molecule has 0 bridgehead atoms. The Balaban J connectivity index is 2.01. The first-order valence-corrected chi connectivity index (χ1v) is 7.13. The standard InChI is InChI=1S/C16H21NO4/c1-12(18)20-15-8-16(21-13(2)19)11-17(10-15)9-14-6-4-3-5-7-14/h3-7,15-16H,8-11H2,1-2H3/t15-,16+. The second-order valence-corrected chi connectivity index (χ2v) is 5.38. The van der Waals surface area contributed by atoms with Crippen LogP contribution in [0.2, 0.25) is 0 Å². The molecule has 0 unspecified atom stereocenters. The minimum atomic E-state index is -0.303. The zero-order valence-corrected chi connectivity index (χ0v) is 12.5. The van der Waals surface area contributed by atoms with Gasteiger partial charge in [0.25, 0.3) is 0 Å². The van der Waals surface area contributed by atoms with Crippen molar-refractivity contribution in [3.63, 3.8) is 0 Å². The Bertz CT molecular complexity index is 464. The molecule has 1 heterocycles. The summed E-state index contributed by atoms with van der Waals surface area (Å²) < 4.78 is 10.6. The normalized spacial score (nSPS) is 22.6. The average molecular weight is 291 g/mol. The average Bonchev–Trinajstić information content (AvgIpc) is 2.37. The molecule has 21 heavy (non-hydrogen) atoms. The number of nitrogens with zero attached hydrogens (tertiary/aromatic N) is 1. The molecule has 0 radical (unpaired) electrons. The highest BCUT2D eigenvalue weighted by Crippen LogP contribution is 2.19. The third kappa shape index (κ3) is 5.19. The van der Waals surface area contributed by atoms with Crippen molar-refractivity contribution in [3.8, 4) is 0 Å². The molecule has 114 valence electrons. The number of rotatable bonds is 4. The summed E-state index contributed by atoms with van der Waals surface area (Å²) in [5.41, 5.74) is 1.18. The van der Waals surface area contributed by atoms with Crippen molar-refractivity contribution < 1.29 is 19.1 Å². The number of ether oxygens (including phenoxy) is 2. The van der Waals surface area contributed by atoms with Crippen molar-refractivity contribution in [1.82, 2.24) is 4.90 Å². The van der Waals surface area contributed by atoms with E-state index >= 15 is 0 Å². The van der Waals surface area contributed by atoms with E-state index in [1.165, 1.54) is 19.4 Å². The highest BCUT2D eigenvalue weighted by molar-refractivity contribution is 5.66. The number of esters is 2. The molecule has 1 aliphatic rings. The first-order valence-electron chi connectivity index (χ1n) is 7.13. The SMILES string of the molecule is CC(=O)O[C@@H]1C[C@H](OC(C)=O)CN(Cc2ccccc2)C1. The fourth-order valence-corrected chi connectivity index (χ4v) is 2.70. The number of carbonyl (C=O) groups is 2. The van der Waals surface area contributed by atoms with Crippen LogP contribution in [-0.4, -0.2) is 42.1 Å². The quantitative estimate of drug-likeness (QED) is 0.791. The van der Waals surface area contributed by atoms with Gasteiger partial charge in [-0.3, -0.25) is 14.5 Å². The van der Waals surface area contributed by atoms with Crippen LogP contribution in [0.25, 0.3) is 0 Å². The molecule has 1 aromatic carbocycles. The van der Waals surface area contributed by atoms with Crippen LogP contribution < -0.4 is 0 Å². The smallest absolute Gasteiger partial charge is 0.302 e. The van der Waals surface area contributed by atoms with E-state index in [9.17, 15) is 9.59 Å². The van der Waals surface area contributed by atoms with E-state index in [1.54, 1.807) is 0 Å². The van der Waals surface area contributed by atoms with Gasteiger partial charge in [0.1, 0.15) is 12.2 Å². The molecular formula is C16H21NO4. The van der Waals surface area contributed by atoms with E-state index in [0.717, 1.165) is 6.54 Å². The third-order valence-electron chi connectivity index (χ3n) is 3.36.